The summed E-state index contributed by atoms with van der Waals surface area (Å²) in [4.78, 5) is 25.8. The van der Waals surface area contributed by atoms with E-state index in [-0.39, 0.29) is 5.91 Å². The van der Waals surface area contributed by atoms with Gasteiger partial charge in [-0.15, -0.1) is 0 Å². The van der Waals surface area contributed by atoms with E-state index in [1.165, 1.54) is 0 Å². The van der Waals surface area contributed by atoms with E-state index in [1.807, 2.05) is 35.2 Å². The second-order valence-electron chi connectivity index (χ2n) is 5.71. The summed E-state index contributed by atoms with van der Waals surface area (Å²) in [6.07, 6.45) is 3.38. The molecule has 3 rings (SSSR count). The Labute approximate surface area is 113 Å². The number of hydrogen-bond donors (Lipinski definition) is 0. The van der Waals surface area contributed by atoms with Crippen LogP contribution in [0.5, 0.6) is 0 Å². The maximum Gasteiger partial charge on any atom is 0.253 e. The molecule has 1 heterocycles. The maximum absolute atomic E-state index is 12.4. The lowest BCUT2D eigenvalue weighted by atomic mass is 9.74. The zero-order valence-electron chi connectivity index (χ0n) is 11.0. The Morgan fingerprint density at radius 2 is 1.89 bits per heavy atom. The Hall–Kier alpha value is -1.64. The molecule has 1 saturated carbocycles. The van der Waals surface area contributed by atoms with Gasteiger partial charge in [-0.25, -0.2) is 0 Å². The van der Waals surface area contributed by atoms with Crippen molar-refractivity contribution in [3.8, 4) is 0 Å². The predicted molar refractivity (Wildman–Crippen MR) is 72.8 cm³/mol. The first-order valence-electron chi connectivity index (χ1n) is 7.10. The molecule has 2 fully saturated rings. The molecular formula is C16H19NO2. The van der Waals surface area contributed by atoms with Gasteiger partial charge in [-0.3, -0.25) is 9.59 Å². The van der Waals surface area contributed by atoms with Gasteiger partial charge in [0, 0.05) is 31.5 Å². The lowest BCUT2D eigenvalue weighted by Gasteiger charge is -2.40. The molecule has 0 radical (unpaired) electrons. The quantitative estimate of drug-likeness (QED) is 0.775. The molecule has 100 valence electrons. The van der Waals surface area contributed by atoms with E-state index in [2.05, 4.69) is 0 Å². The van der Waals surface area contributed by atoms with Crippen molar-refractivity contribution in [2.24, 2.45) is 11.8 Å². The van der Waals surface area contributed by atoms with Crippen LogP contribution < -0.4 is 0 Å². The van der Waals surface area contributed by atoms with Gasteiger partial charge in [0.2, 0.25) is 0 Å². The highest BCUT2D eigenvalue weighted by atomic mass is 16.2. The summed E-state index contributed by atoms with van der Waals surface area (Å²) in [7, 11) is 0. The standard InChI is InChI=1S/C16H19NO2/c18-15-7-6-14-11-17(9-8-13(14)10-15)16(19)12-4-2-1-3-5-12/h1-5,13-14H,6-11H2/t13-,14-/m1/s1. The molecule has 1 aliphatic heterocycles. The fourth-order valence-corrected chi connectivity index (χ4v) is 3.37. The average Bonchev–Trinajstić information content (AvgIpc) is 2.47. The van der Waals surface area contributed by atoms with Crippen molar-refractivity contribution in [3.63, 3.8) is 0 Å². The average molecular weight is 257 g/mol. The van der Waals surface area contributed by atoms with Gasteiger partial charge in [-0.05, 0) is 36.8 Å². The molecule has 3 heteroatoms. The van der Waals surface area contributed by atoms with Crippen molar-refractivity contribution >= 4 is 11.7 Å². The number of carbonyl (C=O) groups excluding carboxylic acids is 2. The molecule has 1 saturated heterocycles. The Morgan fingerprint density at radius 3 is 2.68 bits per heavy atom. The van der Waals surface area contributed by atoms with Crippen molar-refractivity contribution < 1.29 is 9.59 Å². The monoisotopic (exact) mass is 257 g/mol. The van der Waals surface area contributed by atoms with Crippen LogP contribution in [0.1, 0.15) is 36.0 Å². The summed E-state index contributed by atoms with van der Waals surface area (Å²) in [6, 6.07) is 9.48. The third-order valence-corrected chi connectivity index (χ3v) is 4.48. The van der Waals surface area contributed by atoms with Gasteiger partial charge in [-0.2, -0.15) is 0 Å². The van der Waals surface area contributed by atoms with Crippen LogP contribution in [0.25, 0.3) is 0 Å². The van der Waals surface area contributed by atoms with Crippen LogP contribution in [0, 0.1) is 11.8 Å². The number of Topliss-reactive ketones (excluding diaryl/α,β-unsaturated/α-hetero) is 1. The molecule has 0 unspecified atom stereocenters. The predicted octanol–water partition coefficient (Wildman–Crippen LogP) is 2.52. The molecule has 2 aliphatic rings. The number of hydrogen-bond acceptors (Lipinski definition) is 2. The van der Waals surface area contributed by atoms with Crippen LogP contribution >= 0.6 is 0 Å². The zero-order chi connectivity index (χ0) is 13.2. The first-order chi connectivity index (χ1) is 9.24. The molecule has 1 aromatic rings. The van der Waals surface area contributed by atoms with Crippen molar-refractivity contribution in [3.05, 3.63) is 35.9 Å². The van der Waals surface area contributed by atoms with Crippen LogP contribution in [0.3, 0.4) is 0 Å². The first-order valence-corrected chi connectivity index (χ1v) is 7.10. The number of piperidine rings is 1. The lowest BCUT2D eigenvalue weighted by Crippen LogP contribution is -2.45. The Bertz CT molecular complexity index is 483. The minimum atomic E-state index is 0.135. The second kappa shape index (κ2) is 5.16. The zero-order valence-corrected chi connectivity index (χ0v) is 11.0. The number of likely N-dealkylation sites (tertiary alicyclic amines) is 1. The summed E-state index contributed by atoms with van der Waals surface area (Å²) >= 11 is 0. The largest absolute Gasteiger partial charge is 0.338 e. The number of nitrogens with zero attached hydrogens (tertiary/aromatic N) is 1. The Kier molecular flexibility index (Phi) is 3.36. The van der Waals surface area contributed by atoms with Crippen LogP contribution in [0.4, 0.5) is 0 Å². The third kappa shape index (κ3) is 2.55. The number of amides is 1. The summed E-state index contributed by atoms with van der Waals surface area (Å²) in [5.74, 6) is 1.58. The smallest absolute Gasteiger partial charge is 0.253 e. The molecule has 1 aromatic carbocycles. The van der Waals surface area contributed by atoms with E-state index in [0.717, 1.165) is 37.9 Å². The summed E-state index contributed by atoms with van der Waals surface area (Å²) in [5, 5.41) is 0. The van der Waals surface area contributed by atoms with Crippen molar-refractivity contribution in [2.45, 2.75) is 25.7 Å². The van der Waals surface area contributed by atoms with Gasteiger partial charge in [0.15, 0.2) is 0 Å². The molecule has 1 aliphatic carbocycles. The molecule has 2 atom stereocenters. The number of carbonyl (C=O) groups is 2. The SMILES string of the molecule is O=C1CC[C@@H]2CN(C(=O)c3ccccc3)CC[C@@H]2C1. The van der Waals surface area contributed by atoms with E-state index >= 15 is 0 Å². The fraction of sp³-hybridized carbons (Fsp3) is 0.500. The second-order valence-corrected chi connectivity index (χ2v) is 5.71. The van der Waals surface area contributed by atoms with Gasteiger partial charge >= 0.3 is 0 Å². The highest BCUT2D eigenvalue weighted by Gasteiger charge is 2.35. The highest BCUT2D eigenvalue weighted by molar-refractivity contribution is 5.94. The van der Waals surface area contributed by atoms with Gasteiger partial charge in [0.05, 0.1) is 0 Å². The molecule has 0 bridgehead atoms. The fourth-order valence-electron chi connectivity index (χ4n) is 3.37. The number of ketones is 1. The third-order valence-electron chi connectivity index (χ3n) is 4.48. The minimum absolute atomic E-state index is 0.135. The normalized spacial score (nSPS) is 26.9. The number of rotatable bonds is 1. The highest BCUT2D eigenvalue weighted by Crippen LogP contribution is 2.35. The van der Waals surface area contributed by atoms with E-state index in [1.54, 1.807) is 0 Å². The summed E-state index contributed by atoms with van der Waals surface area (Å²) < 4.78 is 0. The molecule has 0 N–H and O–H groups in total. The molecule has 0 aromatic heterocycles. The molecule has 0 spiro atoms. The molecule has 1 amide bonds. The minimum Gasteiger partial charge on any atom is -0.338 e. The van der Waals surface area contributed by atoms with Gasteiger partial charge < -0.3 is 4.90 Å². The van der Waals surface area contributed by atoms with E-state index in [0.29, 0.717) is 24.0 Å². The van der Waals surface area contributed by atoms with Crippen LogP contribution in [0.15, 0.2) is 30.3 Å². The number of fused-ring (bicyclic) bond motifs is 1. The lowest BCUT2D eigenvalue weighted by molar-refractivity contribution is -0.123. The van der Waals surface area contributed by atoms with Crippen LogP contribution in [-0.4, -0.2) is 29.7 Å². The van der Waals surface area contributed by atoms with Crippen molar-refractivity contribution in [2.75, 3.05) is 13.1 Å². The van der Waals surface area contributed by atoms with E-state index in [4.69, 9.17) is 0 Å². The van der Waals surface area contributed by atoms with Gasteiger partial charge in [-0.1, -0.05) is 18.2 Å². The molecule has 19 heavy (non-hydrogen) atoms. The van der Waals surface area contributed by atoms with Crippen molar-refractivity contribution in [1.29, 1.82) is 0 Å². The summed E-state index contributed by atoms with van der Waals surface area (Å²) in [6.45, 7) is 1.62. The maximum atomic E-state index is 12.4. The summed E-state index contributed by atoms with van der Waals surface area (Å²) in [5.41, 5.74) is 0.771. The van der Waals surface area contributed by atoms with E-state index in [9.17, 15) is 9.59 Å². The van der Waals surface area contributed by atoms with Crippen LogP contribution in [-0.2, 0) is 4.79 Å². The van der Waals surface area contributed by atoms with Crippen molar-refractivity contribution in [1.82, 2.24) is 4.90 Å². The first kappa shape index (κ1) is 12.4. The Balaban J connectivity index is 1.68. The van der Waals surface area contributed by atoms with E-state index < -0.39 is 0 Å². The molecular weight excluding hydrogens is 238 g/mol. The Morgan fingerprint density at radius 1 is 1.11 bits per heavy atom. The van der Waals surface area contributed by atoms with Crippen LogP contribution in [0.2, 0.25) is 0 Å². The van der Waals surface area contributed by atoms with Gasteiger partial charge in [0.1, 0.15) is 5.78 Å². The number of benzene rings is 1. The topological polar surface area (TPSA) is 37.4 Å². The van der Waals surface area contributed by atoms with Gasteiger partial charge in [0.25, 0.3) is 5.91 Å². The molecule has 3 nitrogen and oxygen atoms in total.